The van der Waals surface area contributed by atoms with Crippen LogP contribution in [0.15, 0.2) is 243 Å². The fourth-order valence-electron chi connectivity index (χ4n) is 17.1. The minimum atomic E-state index is -2.51. The van der Waals surface area contributed by atoms with Crippen molar-refractivity contribution < 1.29 is 61.2 Å². The van der Waals surface area contributed by atoms with Gasteiger partial charge in [-0.3, -0.25) is 0 Å². The van der Waals surface area contributed by atoms with Gasteiger partial charge in [-0.25, -0.2) is 0 Å². The van der Waals surface area contributed by atoms with Gasteiger partial charge in [-0.05, 0) is 318 Å². The Morgan fingerprint density at radius 3 is 0.669 bits per heavy atom. The molecule has 0 radical (unpaired) electrons. The number of benzene rings is 8. The van der Waals surface area contributed by atoms with Crippen molar-refractivity contribution in [3.63, 3.8) is 0 Å². The number of aromatic nitrogens is 8. The first-order valence-corrected chi connectivity index (χ1v) is 46.9. The number of nitrogens with zero attached hydrogens (tertiary/aromatic N) is 8. The molecule has 8 heteroatoms. The molecule has 8 aromatic heterocycles. The summed E-state index contributed by atoms with van der Waals surface area (Å²) in [5, 5.41) is 0. The van der Waals surface area contributed by atoms with Gasteiger partial charge in [-0.1, -0.05) is 131 Å². The Balaban J connectivity index is 0.000000195. The quantitative estimate of drug-likeness (QED) is 0.136. The van der Waals surface area contributed by atoms with E-state index >= 15 is 0 Å². The molecule has 136 heavy (non-hydrogen) atoms. The first-order chi connectivity index (χ1) is 71.4. The van der Waals surface area contributed by atoms with Crippen molar-refractivity contribution in [1.29, 1.82) is 0 Å². The topological polar surface area (TPSA) is 31.0 Å². The molecule has 0 unspecified atom stereocenters. The lowest BCUT2D eigenvalue weighted by atomic mass is 9.98. The minimum Gasteiger partial charge on any atom is -0.198 e. The summed E-state index contributed by atoms with van der Waals surface area (Å²) in [5.41, 5.74) is 50.7. The van der Waals surface area contributed by atoms with Crippen LogP contribution in [0.4, 0.5) is 0 Å². The van der Waals surface area contributed by atoms with Crippen LogP contribution in [0.3, 0.4) is 0 Å². The molecule has 16 aromatic rings. The highest BCUT2D eigenvalue weighted by atomic mass is 15.0. The Kier molecular flexibility index (Phi) is 28.5. The molecule has 0 amide bonds. The first-order valence-electron chi connectivity index (χ1n) is 55.9. The molecule has 0 saturated heterocycles. The molecule has 0 aliphatic rings. The highest BCUT2D eigenvalue weighted by Crippen LogP contribution is 2.32. The average molecular weight is 1830 g/mol. The summed E-state index contributed by atoms with van der Waals surface area (Å²) in [6.45, 7) is 40.8. The molecule has 8 nitrogen and oxygen atoms in total. The molecule has 8 aromatic carbocycles. The molecule has 8 heterocycles. The van der Waals surface area contributed by atoms with Crippen molar-refractivity contribution in [2.45, 2.75) is 221 Å². The van der Waals surface area contributed by atoms with Gasteiger partial charge in [0.2, 0.25) is 45.6 Å². The third-order valence-corrected chi connectivity index (χ3v) is 27.8. The molecule has 0 bridgehead atoms. The van der Waals surface area contributed by atoms with Crippen molar-refractivity contribution in [2.24, 2.45) is 56.4 Å². The van der Waals surface area contributed by atoms with Gasteiger partial charge in [-0.15, -0.1) is 0 Å². The zero-order valence-electron chi connectivity index (χ0n) is 106. The van der Waals surface area contributed by atoms with Crippen LogP contribution in [0.2, 0.25) is 0 Å². The summed E-state index contributed by atoms with van der Waals surface area (Å²) in [7, 11) is 15.8. The summed E-state index contributed by atoms with van der Waals surface area (Å²) in [6, 6.07) is 81.0. The molecule has 16 rings (SSSR count). The highest BCUT2D eigenvalue weighted by Gasteiger charge is 2.25. The number of aryl methyl sites for hydroxylation is 22. The van der Waals surface area contributed by atoms with Crippen LogP contribution in [0, 0.1) is 221 Å². The Labute approximate surface area is 846 Å². The van der Waals surface area contributed by atoms with Gasteiger partial charge in [0.05, 0.1) is 11.1 Å². The van der Waals surface area contributed by atoms with E-state index in [0.717, 1.165) is 61.9 Å². The third-order valence-electron chi connectivity index (χ3n) is 27.8. The second kappa shape index (κ2) is 46.9. The zero-order chi connectivity index (χ0) is 116. The maximum absolute atomic E-state index is 7.75. The Bertz CT molecular complexity index is 7730. The van der Waals surface area contributed by atoms with Crippen LogP contribution in [-0.4, -0.2) is 0 Å². The molecule has 0 spiro atoms. The van der Waals surface area contributed by atoms with Crippen LogP contribution in [0.25, 0.3) is 90.1 Å². The first kappa shape index (κ1) is 82.4. The van der Waals surface area contributed by atoms with Gasteiger partial charge in [0, 0.05) is 206 Å². The predicted molar refractivity (Wildman–Crippen MR) is 576 cm³/mol. The second-order valence-corrected chi connectivity index (χ2v) is 37.1. The monoisotopic (exact) mass is 1830 g/mol. The molecule has 0 atom stereocenters. The average Bonchev–Trinajstić information content (AvgIpc) is 0.753. The van der Waals surface area contributed by atoms with Crippen LogP contribution in [0.5, 0.6) is 0 Å². The normalized spacial score (nSPS) is 13.2. The smallest absolute Gasteiger partial charge is 0.198 e. The lowest BCUT2D eigenvalue weighted by Gasteiger charge is -2.10. The summed E-state index contributed by atoms with van der Waals surface area (Å²) in [6.07, 6.45) is 0. The van der Waals surface area contributed by atoms with E-state index in [1.54, 1.807) is 62.5 Å². The Hall–Kier alpha value is -13.0. The summed E-state index contributed by atoms with van der Waals surface area (Å²) >= 11 is 0. The fourth-order valence-corrected chi connectivity index (χ4v) is 17.1. The standard InChI is InChI=1S/8C16H20N/c2*1-11-6-8-15(13(3)10-11)16-9-7-12(2)14(4)17(16)5;2*1-11-6-7-13(3)15(10-11)16-9-8-12(2)14(4)17(16)5;2*1-11-9-10-15(17(5)14(11)4)16-12(2)7-6-8-13(16)3;2*1-11-7-6-8-15(13(11)3)16-10-9-12(2)14(4)17(16)5/h8*6-10H,1-5H3/q8*+1/i1D3,2D3;;2D3;;1D3;;2D3,4D3;. The molecule has 0 N–H and O–H groups in total. The Morgan fingerprint density at radius 2 is 0.368 bits per heavy atom. The van der Waals surface area contributed by atoms with Crippen molar-refractivity contribution in [2.75, 3.05) is 0 Å². The minimum absolute atomic E-state index is 0.131. The van der Waals surface area contributed by atoms with Gasteiger partial charge in [0.25, 0.3) is 0 Å². The SMILES string of the molecule is Cc1ccc(-c2ccc(C)c(C)[n+]2C)c(C)c1.Cc1ccc(C)c(-c2ccc(C)c(C)[n+]2C)c1.Cc1cccc(-c2ccc(C)c(C)[n+]2C)c1C.Cc1cccc(C)c1-c1ccc(C)c(C)[n+]1C.[2H]C([2H])([2H])c1ccc(-c2c(C)cccc2C)[n+](C)c1C.[2H]C([2H])([2H])c1ccc(-c2cc(C)ccc2C)[n+](C)c1C.[2H]C([2H])([2H])c1ccc(-c2ccc(C([2H])([2H])[2H])c(C)[n+]2C)c(C)c1.[2H]C([2H])([2H])c1ccc(-c2cccc(C)c2C)[n+](C)c1C([2H])([2H])[2H]. The van der Waals surface area contributed by atoms with E-state index in [4.69, 9.17) is 24.7 Å². The van der Waals surface area contributed by atoms with Crippen molar-refractivity contribution in [3.05, 3.63) is 422 Å². The van der Waals surface area contributed by atoms with Crippen LogP contribution < -0.4 is 36.5 Å². The van der Waals surface area contributed by atoms with Gasteiger partial charge in [-0.2, -0.15) is 36.5 Å². The lowest BCUT2D eigenvalue weighted by molar-refractivity contribution is -0.667. The second-order valence-electron chi connectivity index (χ2n) is 37.1. The maximum Gasteiger partial charge on any atom is 0.213 e. The molecular weight excluding hydrogens is 1650 g/mol. The predicted octanol–water partition coefficient (Wildman–Crippen LogP) is 27.3. The Morgan fingerprint density at radius 1 is 0.147 bits per heavy atom. The van der Waals surface area contributed by atoms with Crippen molar-refractivity contribution in [1.82, 2.24) is 0 Å². The third kappa shape index (κ3) is 25.2. The number of hydrogen-bond acceptors (Lipinski definition) is 0. The van der Waals surface area contributed by atoms with E-state index in [-0.39, 0.29) is 11.3 Å². The number of pyridine rings is 8. The largest absolute Gasteiger partial charge is 0.213 e. The van der Waals surface area contributed by atoms with Gasteiger partial charge in [0.1, 0.15) is 56.4 Å². The van der Waals surface area contributed by atoms with E-state index in [2.05, 4.69) is 337 Å². The fraction of sp³-hybridized carbons (Fsp3) is 0.312. The van der Waals surface area contributed by atoms with Gasteiger partial charge < -0.3 is 0 Å². The van der Waals surface area contributed by atoms with Gasteiger partial charge >= 0.3 is 0 Å². The molecule has 704 valence electrons. The highest BCUT2D eigenvalue weighted by molar-refractivity contribution is 5.70. The number of rotatable bonds is 8. The number of hydrogen-bond donors (Lipinski definition) is 0. The van der Waals surface area contributed by atoms with E-state index in [9.17, 15) is 0 Å². The summed E-state index contributed by atoms with van der Waals surface area (Å²) < 4.78 is 153. The van der Waals surface area contributed by atoms with E-state index in [1.807, 2.05) is 106 Å². The van der Waals surface area contributed by atoms with Crippen molar-refractivity contribution >= 4 is 0 Å². The molecular formula is C128H160N8+8. The van der Waals surface area contributed by atoms with E-state index in [0.29, 0.717) is 33.6 Å². The van der Waals surface area contributed by atoms with E-state index in [1.165, 1.54) is 173 Å². The lowest BCUT2D eigenvalue weighted by Crippen LogP contribution is -2.35. The van der Waals surface area contributed by atoms with E-state index < -0.39 is 41.1 Å². The maximum atomic E-state index is 7.75. The van der Waals surface area contributed by atoms with Crippen molar-refractivity contribution in [3.8, 4) is 90.1 Å². The molecule has 0 aliphatic carbocycles. The molecule has 0 saturated carbocycles. The van der Waals surface area contributed by atoms with Crippen LogP contribution in [-0.2, 0) is 56.4 Å². The van der Waals surface area contributed by atoms with Crippen LogP contribution >= 0.6 is 0 Å². The molecule has 0 aliphatic heterocycles. The zero-order valence-corrected chi connectivity index (χ0v) is 87.7. The summed E-state index contributed by atoms with van der Waals surface area (Å²) in [4.78, 5) is 0. The van der Waals surface area contributed by atoms with Gasteiger partial charge in [0.15, 0.2) is 45.6 Å². The van der Waals surface area contributed by atoms with Crippen LogP contribution in [0.1, 0.15) is 204 Å². The molecule has 0 fully saturated rings. The summed E-state index contributed by atoms with van der Waals surface area (Å²) in [5.74, 6) is 0.